The van der Waals surface area contributed by atoms with Crippen LogP contribution in [-0.2, 0) is 0 Å². The first-order valence-corrected chi connectivity index (χ1v) is 17.9. The molecule has 2 aliphatic rings. The number of anilines is 2. The van der Waals surface area contributed by atoms with Crippen molar-refractivity contribution in [1.82, 2.24) is 0 Å². The molecule has 0 fully saturated rings. The fourth-order valence-corrected chi connectivity index (χ4v) is 9.14. The van der Waals surface area contributed by atoms with Gasteiger partial charge in [0.2, 0.25) is 0 Å². The SMILES string of the molecule is C=CCN=P1(Nc2ccc(NP3(=NCC=C)Oc4ccccc4-c4ccccc4O3)cc2)Oc2ccccc2-c2ccccc2O1. The lowest BCUT2D eigenvalue weighted by molar-refractivity contribution is 0.487. The number of nitrogens with zero attached hydrogens (tertiary/aromatic N) is 2. The third-order valence-corrected chi connectivity index (χ3v) is 11.2. The van der Waals surface area contributed by atoms with Gasteiger partial charge < -0.3 is 18.1 Å². The summed E-state index contributed by atoms with van der Waals surface area (Å²) in [6.07, 6.45) is 3.45. The molecule has 0 saturated heterocycles. The van der Waals surface area contributed by atoms with Crippen molar-refractivity contribution < 1.29 is 18.1 Å². The lowest BCUT2D eigenvalue weighted by atomic mass is 10.0. The first-order chi connectivity index (χ1) is 22.6. The lowest BCUT2D eigenvalue weighted by Crippen LogP contribution is -2.11. The van der Waals surface area contributed by atoms with Crippen LogP contribution in [0.2, 0.25) is 0 Å². The highest BCUT2D eigenvalue weighted by atomic mass is 31.2. The van der Waals surface area contributed by atoms with Crippen molar-refractivity contribution in [1.29, 1.82) is 0 Å². The van der Waals surface area contributed by atoms with Gasteiger partial charge in [0, 0.05) is 33.6 Å². The van der Waals surface area contributed by atoms with E-state index in [-0.39, 0.29) is 0 Å². The van der Waals surface area contributed by atoms with Crippen molar-refractivity contribution in [3.63, 3.8) is 0 Å². The van der Waals surface area contributed by atoms with Gasteiger partial charge in [-0.15, -0.1) is 13.2 Å². The van der Waals surface area contributed by atoms with E-state index in [4.69, 9.17) is 27.6 Å². The molecule has 7 rings (SSSR count). The number of nitrogens with one attached hydrogen (secondary N) is 2. The largest absolute Gasteiger partial charge is 0.422 e. The zero-order chi connectivity index (χ0) is 31.4. The summed E-state index contributed by atoms with van der Waals surface area (Å²) in [5.74, 6) is 2.77. The highest BCUT2D eigenvalue weighted by molar-refractivity contribution is 7.59. The quantitative estimate of drug-likeness (QED) is 0.129. The molecule has 2 aliphatic heterocycles. The number of rotatable bonds is 8. The Kier molecular flexibility index (Phi) is 8.15. The zero-order valence-corrected chi connectivity index (χ0v) is 26.7. The number of hydrogen-bond donors (Lipinski definition) is 2. The van der Waals surface area contributed by atoms with Gasteiger partial charge in [-0.25, -0.2) is 9.49 Å². The minimum absolute atomic E-state index is 0.347. The van der Waals surface area contributed by atoms with Crippen LogP contribution in [0.4, 0.5) is 11.4 Å². The monoisotopic (exact) mass is 646 g/mol. The van der Waals surface area contributed by atoms with Crippen LogP contribution in [0.25, 0.3) is 22.3 Å². The molecular formula is C36H32N4O4P2. The van der Waals surface area contributed by atoms with Gasteiger partial charge in [0.25, 0.3) is 0 Å². The molecule has 0 unspecified atom stereocenters. The second-order valence-electron chi connectivity index (χ2n) is 10.4. The van der Waals surface area contributed by atoms with Crippen LogP contribution in [-0.4, -0.2) is 13.1 Å². The van der Waals surface area contributed by atoms with E-state index in [0.717, 1.165) is 33.6 Å². The Morgan fingerprint density at radius 1 is 0.457 bits per heavy atom. The summed E-state index contributed by atoms with van der Waals surface area (Å²) in [7, 11) is -6.16. The van der Waals surface area contributed by atoms with E-state index in [0.29, 0.717) is 36.1 Å². The molecule has 0 amide bonds. The van der Waals surface area contributed by atoms with Crippen molar-refractivity contribution in [2.45, 2.75) is 0 Å². The molecule has 0 bridgehead atoms. The van der Waals surface area contributed by atoms with E-state index in [1.54, 1.807) is 12.2 Å². The summed E-state index contributed by atoms with van der Waals surface area (Å²) in [5.41, 5.74) is 5.30. The predicted octanol–water partition coefficient (Wildman–Crippen LogP) is 11.1. The maximum atomic E-state index is 6.61. The smallest absolute Gasteiger partial charge is 0.414 e. The van der Waals surface area contributed by atoms with Crippen LogP contribution < -0.4 is 28.3 Å². The van der Waals surface area contributed by atoms with Gasteiger partial charge in [0.15, 0.2) is 0 Å². The van der Waals surface area contributed by atoms with Gasteiger partial charge in [0.1, 0.15) is 23.0 Å². The van der Waals surface area contributed by atoms with Gasteiger partial charge in [-0.1, -0.05) is 84.9 Å². The number of hydrogen-bond acceptors (Lipinski definition) is 6. The molecule has 46 heavy (non-hydrogen) atoms. The van der Waals surface area contributed by atoms with E-state index < -0.39 is 15.3 Å². The minimum atomic E-state index is -3.08. The van der Waals surface area contributed by atoms with Crippen molar-refractivity contribution >= 4 is 26.7 Å². The van der Waals surface area contributed by atoms with E-state index in [1.165, 1.54) is 0 Å². The van der Waals surface area contributed by atoms with Crippen LogP contribution in [0.15, 0.2) is 156 Å². The highest BCUT2D eigenvalue weighted by Crippen LogP contribution is 2.59. The molecule has 5 aromatic carbocycles. The van der Waals surface area contributed by atoms with E-state index in [2.05, 4.69) is 23.3 Å². The Balaban J connectivity index is 1.22. The number of para-hydroxylation sites is 4. The topological polar surface area (TPSA) is 85.7 Å². The van der Waals surface area contributed by atoms with Gasteiger partial charge >= 0.3 is 15.3 Å². The molecule has 10 heteroatoms. The van der Waals surface area contributed by atoms with Crippen LogP contribution in [0.3, 0.4) is 0 Å². The highest BCUT2D eigenvalue weighted by Gasteiger charge is 2.34. The third kappa shape index (κ3) is 5.93. The summed E-state index contributed by atoms with van der Waals surface area (Å²) < 4.78 is 36.2. The number of fused-ring (bicyclic) bond motifs is 6. The van der Waals surface area contributed by atoms with Crippen LogP contribution in [0.1, 0.15) is 0 Å². The molecule has 5 aromatic rings. The summed E-state index contributed by atoms with van der Waals surface area (Å²) in [6.45, 7) is 8.43. The molecule has 0 aromatic heterocycles. The average Bonchev–Trinajstić information content (AvgIpc) is 3.31. The molecule has 0 atom stereocenters. The van der Waals surface area contributed by atoms with Gasteiger partial charge in [-0.2, -0.15) is 0 Å². The molecule has 0 saturated carbocycles. The maximum Gasteiger partial charge on any atom is 0.422 e. The van der Waals surface area contributed by atoms with Crippen LogP contribution >= 0.6 is 15.3 Å². The Bertz CT molecular complexity index is 1800. The number of benzene rings is 5. The van der Waals surface area contributed by atoms with Gasteiger partial charge in [-0.05, 0) is 48.5 Å². The zero-order valence-electron chi connectivity index (χ0n) is 25.0. The van der Waals surface area contributed by atoms with Crippen LogP contribution in [0, 0.1) is 0 Å². The van der Waals surface area contributed by atoms with E-state index >= 15 is 0 Å². The van der Waals surface area contributed by atoms with Crippen molar-refractivity contribution in [2.75, 3.05) is 23.3 Å². The van der Waals surface area contributed by atoms with E-state index in [9.17, 15) is 0 Å². The molecular weight excluding hydrogens is 614 g/mol. The van der Waals surface area contributed by atoms with Gasteiger partial charge in [0.05, 0.1) is 13.1 Å². The molecule has 0 spiro atoms. The Morgan fingerprint density at radius 3 is 1.02 bits per heavy atom. The molecule has 8 nitrogen and oxygen atoms in total. The maximum absolute atomic E-state index is 6.61. The minimum Gasteiger partial charge on any atom is -0.414 e. The normalized spacial score (nSPS) is 14.6. The third-order valence-electron chi connectivity index (χ3n) is 7.24. The van der Waals surface area contributed by atoms with Crippen LogP contribution in [0.5, 0.6) is 23.0 Å². The molecule has 2 heterocycles. The standard InChI is InChI=1S/C36H32N4O4P2/c1-3-25-37-45(41-33-17-9-5-13-29(33)30-14-6-10-18-34(30)42-45)39-27-21-23-28(24-22-27)40-46(38-26-4-2)43-35-19-11-7-15-31(35)32-16-8-12-20-36(32)44-46/h3-24,39-40H,1-2,25-26H2. The fraction of sp³-hybridized carbons (Fsp3) is 0.0556. The predicted molar refractivity (Wildman–Crippen MR) is 189 cm³/mol. The van der Waals surface area contributed by atoms with Gasteiger partial charge in [-0.3, -0.25) is 10.2 Å². The Labute approximate surface area is 268 Å². The Hall–Kier alpha value is -5.16. The lowest BCUT2D eigenvalue weighted by Gasteiger charge is -2.26. The first-order valence-electron chi connectivity index (χ1n) is 14.8. The second-order valence-corrected chi connectivity index (χ2v) is 14.2. The molecule has 0 radical (unpaired) electrons. The molecule has 2 N–H and O–H groups in total. The van der Waals surface area contributed by atoms with Crippen molar-refractivity contribution in [2.24, 2.45) is 9.49 Å². The fourth-order valence-electron chi connectivity index (χ4n) is 5.20. The summed E-state index contributed by atoms with van der Waals surface area (Å²) in [4.78, 5) is 0. The van der Waals surface area contributed by atoms with Crippen molar-refractivity contribution in [3.8, 4) is 45.3 Å². The molecule has 0 aliphatic carbocycles. The first kappa shape index (κ1) is 29.5. The summed E-state index contributed by atoms with van der Waals surface area (Å²) >= 11 is 0. The summed E-state index contributed by atoms with van der Waals surface area (Å²) in [5, 5.41) is 6.99. The van der Waals surface area contributed by atoms with Crippen molar-refractivity contribution in [3.05, 3.63) is 147 Å². The Morgan fingerprint density at radius 2 is 0.739 bits per heavy atom. The average molecular weight is 647 g/mol. The summed E-state index contributed by atoms with van der Waals surface area (Å²) in [6, 6.07) is 39.3. The molecule has 230 valence electrons. The second kappa shape index (κ2) is 12.7. The van der Waals surface area contributed by atoms with E-state index in [1.807, 2.05) is 121 Å².